The molecular weight excluding hydrogens is 142 g/mol. The Morgan fingerprint density at radius 2 is 1.91 bits per heavy atom. The van der Waals surface area contributed by atoms with E-state index in [4.69, 9.17) is 9.90 Å². The minimum Gasteiger partial charge on any atom is -0.483 e. The Hall–Kier alpha value is -0.570. The molecule has 0 unspecified atom stereocenters. The zero-order valence-corrected chi connectivity index (χ0v) is 7.47. The van der Waals surface area contributed by atoms with E-state index >= 15 is 0 Å². The van der Waals surface area contributed by atoms with Crippen molar-refractivity contribution in [3.63, 3.8) is 0 Å². The van der Waals surface area contributed by atoms with Crippen LogP contribution in [0.2, 0.25) is 0 Å². The summed E-state index contributed by atoms with van der Waals surface area (Å²) in [5.74, 6) is 0. The van der Waals surface area contributed by atoms with Gasteiger partial charge in [0.1, 0.15) is 0 Å². The average molecular weight is 161 g/mol. The van der Waals surface area contributed by atoms with E-state index in [0.717, 1.165) is 0 Å². The maximum absolute atomic E-state index is 8.36. The summed E-state index contributed by atoms with van der Waals surface area (Å²) < 4.78 is 0. The Morgan fingerprint density at radius 1 is 1.36 bits per heavy atom. The Bertz CT molecular complexity index is 61.1. The van der Waals surface area contributed by atoms with Gasteiger partial charge in [-0.1, -0.05) is 26.2 Å². The van der Waals surface area contributed by atoms with Crippen molar-refractivity contribution in [3.8, 4) is 0 Å². The van der Waals surface area contributed by atoms with Crippen LogP contribution in [-0.2, 0) is 4.79 Å². The van der Waals surface area contributed by atoms with E-state index < -0.39 is 0 Å². The molecule has 0 spiro atoms. The Balaban J connectivity index is 0. The largest absolute Gasteiger partial charge is 0.483 e. The van der Waals surface area contributed by atoms with Gasteiger partial charge in [-0.25, -0.2) is 0 Å². The van der Waals surface area contributed by atoms with E-state index in [1.807, 2.05) is 7.05 Å². The molecule has 0 aliphatic heterocycles. The second kappa shape index (κ2) is 16.2. The molecular formula is C8H19NO2. The third kappa shape index (κ3) is 26.5. The zero-order chi connectivity index (χ0) is 8.95. The minimum absolute atomic E-state index is 0.250. The van der Waals surface area contributed by atoms with E-state index in [-0.39, 0.29) is 6.47 Å². The number of carboxylic acid groups (broad SMARTS) is 1. The van der Waals surface area contributed by atoms with Crippen LogP contribution in [0, 0.1) is 0 Å². The molecule has 0 fully saturated rings. The SMILES string of the molecule is CCCCCCNC.O=CO. The molecule has 0 saturated carbocycles. The van der Waals surface area contributed by atoms with Crippen molar-refractivity contribution in [2.75, 3.05) is 13.6 Å². The summed E-state index contributed by atoms with van der Waals surface area (Å²) in [6.07, 6.45) is 5.45. The lowest BCUT2D eigenvalue weighted by Crippen LogP contribution is -2.06. The molecule has 0 radical (unpaired) electrons. The van der Waals surface area contributed by atoms with Gasteiger partial charge in [0.05, 0.1) is 0 Å². The molecule has 0 aromatic rings. The van der Waals surface area contributed by atoms with Crippen LogP contribution in [0.15, 0.2) is 0 Å². The molecule has 3 nitrogen and oxygen atoms in total. The maximum Gasteiger partial charge on any atom is 0.290 e. The Labute approximate surface area is 68.8 Å². The summed E-state index contributed by atoms with van der Waals surface area (Å²) in [6.45, 7) is 3.17. The van der Waals surface area contributed by atoms with Crippen LogP contribution in [0.4, 0.5) is 0 Å². The van der Waals surface area contributed by atoms with Gasteiger partial charge in [-0.2, -0.15) is 0 Å². The molecule has 0 aromatic heterocycles. The maximum atomic E-state index is 8.36. The lowest BCUT2D eigenvalue weighted by atomic mass is 10.2. The summed E-state index contributed by atoms with van der Waals surface area (Å²) in [5, 5.41) is 10.0. The molecule has 2 N–H and O–H groups in total. The molecule has 0 saturated heterocycles. The van der Waals surface area contributed by atoms with Gasteiger partial charge in [0.2, 0.25) is 0 Å². The molecule has 0 aliphatic rings. The van der Waals surface area contributed by atoms with Crippen molar-refractivity contribution in [1.82, 2.24) is 5.32 Å². The summed E-state index contributed by atoms with van der Waals surface area (Å²) >= 11 is 0. The Kier molecular flexibility index (Phi) is 19.2. The van der Waals surface area contributed by atoms with Gasteiger partial charge in [0, 0.05) is 0 Å². The molecule has 11 heavy (non-hydrogen) atoms. The minimum atomic E-state index is -0.250. The quantitative estimate of drug-likeness (QED) is 0.474. The molecule has 0 atom stereocenters. The highest BCUT2D eigenvalue weighted by atomic mass is 16.3. The van der Waals surface area contributed by atoms with Crippen LogP contribution in [0.3, 0.4) is 0 Å². The fourth-order valence-corrected chi connectivity index (χ4v) is 0.729. The fraction of sp³-hybridized carbons (Fsp3) is 0.875. The molecule has 0 aromatic carbocycles. The van der Waals surface area contributed by atoms with Gasteiger partial charge in [0.15, 0.2) is 0 Å². The molecule has 0 amide bonds. The zero-order valence-electron chi connectivity index (χ0n) is 7.47. The van der Waals surface area contributed by atoms with Crippen molar-refractivity contribution in [1.29, 1.82) is 0 Å². The van der Waals surface area contributed by atoms with Crippen LogP contribution in [-0.4, -0.2) is 25.2 Å². The number of unbranched alkanes of at least 4 members (excludes halogenated alkanes) is 3. The molecule has 0 rings (SSSR count). The standard InChI is InChI=1S/C7H17N.CH2O2/c1-3-4-5-6-7-8-2;2-1-3/h8H,3-7H2,1-2H3;1H,(H,2,3). The second-order valence-electron chi connectivity index (χ2n) is 2.27. The first kappa shape index (κ1) is 13.1. The van der Waals surface area contributed by atoms with Crippen molar-refractivity contribution in [2.45, 2.75) is 32.6 Å². The Morgan fingerprint density at radius 3 is 2.27 bits per heavy atom. The smallest absolute Gasteiger partial charge is 0.290 e. The van der Waals surface area contributed by atoms with E-state index in [0.29, 0.717) is 0 Å². The summed E-state index contributed by atoms with van der Waals surface area (Å²) in [4.78, 5) is 8.36. The first-order valence-electron chi connectivity index (χ1n) is 4.05. The van der Waals surface area contributed by atoms with E-state index in [2.05, 4.69) is 12.2 Å². The third-order valence-electron chi connectivity index (χ3n) is 1.28. The van der Waals surface area contributed by atoms with E-state index in [1.54, 1.807) is 0 Å². The lowest BCUT2D eigenvalue weighted by molar-refractivity contribution is -0.122. The van der Waals surface area contributed by atoms with Crippen molar-refractivity contribution in [2.24, 2.45) is 0 Å². The molecule has 68 valence electrons. The topological polar surface area (TPSA) is 49.3 Å². The highest BCUT2D eigenvalue weighted by molar-refractivity contribution is 5.32. The van der Waals surface area contributed by atoms with E-state index in [9.17, 15) is 0 Å². The first-order valence-corrected chi connectivity index (χ1v) is 4.05. The van der Waals surface area contributed by atoms with Gasteiger partial charge in [-0.3, -0.25) is 4.79 Å². The number of rotatable bonds is 5. The van der Waals surface area contributed by atoms with Crippen LogP contribution >= 0.6 is 0 Å². The summed E-state index contributed by atoms with van der Waals surface area (Å²) in [7, 11) is 2.01. The number of hydrogen-bond donors (Lipinski definition) is 2. The number of carbonyl (C=O) groups is 1. The number of hydrogen-bond acceptors (Lipinski definition) is 2. The van der Waals surface area contributed by atoms with Crippen LogP contribution in [0.25, 0.3) is 0 Å². The van der Waals surface area contributed by atoms with Gasteiger partial charge < -0.3 is 10.4 Å². The molecule has 0 bridgehead atoms. The van der Waals surface area contributed by atoms with Crippen molar-refractivity contribution >= 4 is 6.47 Å². The predicted octanol–water partition coefficient (Wildman–Crippen LogP) is 1.49. The van der Waals surface area contributed by atoms with Gasteiger partial charge in [-0.05, 0) is 20.0 Å². The number of nitrogens with one attached hydrogen (secondary N) is 1. The van der Waals surface area contributed by atoms with Gasteiger partial charge >= 0.3 is 0 Å². The summed E-state index contributed by atoms with van der Waals surface area (Å²) in [6, 6.07) is 0. The van der Waals surface area contributed by atoms with Crippen molar-refractivity contribution in [3.05, 3.63) is 0 Å². The first-order chi connectivity index (χ1) is 5.33. The van der Waals surface area contributed by atoms with Gasteiger partial charge in [0.25, 0.3) is 6.47 Å². The van der Waals surface area contributed by atoms with Crippen LogP contribution in [0.1, 0.15) is 32.6 Å². The van der Waals surface area contributed by atoms with Crippen LogP contribution in [0.5, 0.6) is 0 Å². The molecule has 0 heterocycles. The monoisotopic (exact) mass is 161 g/mol. The highest BCUT2D eigenvalue weighted by Crippen LogP contribution is 1.96. The highest BCUT2D eigenvalue weighted by Gasteiger charge is 1.82. The normalized spacial score (nSPS) is 8.18. The molecule has 3 heteroatoms. The van der Waals surface area contributed by atoms with Gasteiger partial charge in [-0.15, -0.1) is 0 Å². The second-order valence-corrected chi connectivity index (χ2v) is 2.27. The van der Waals surface area contributed by atoms with Crippen molar-refractivity contribution < 1.29 is 9.90 Å². The van der Waals surface area contributed by atoms with E-state index in [1.165, 1.54) is 32.2 Å². The van der Waals surface area contributed by atoms with Crippen LogP contribution < -0.4 is 5.32 Å². The summed E-state index contributed by atoms with van der Waals surface area (Å²) in [5.41, 5.74) is 0. The third-order valence-corrected chi connectivity index (χ3v) is 1.28. The lowest BCUT2D eigenvalue weighted by Gasteiger charge is -1.95. The fourth-order valence-electron chi connectivity index (χ4n) is 0.729. The predicted molar refractivity (Wildman–Crippen MR) is 46.8 cm³/mol. The molecule has 0 aliphatic carbocycles. The average Bonchev–Trinajstić information content (AvgIpc) is 2.00.